The summed E-state index contributed by atoms with van der Waals surface area (Å²) in [6.07, 6.45) is 7.34. The summed E-state index contributed by atoms with van der Waals surface area (Å²) in [7, 11) is 0. The molecule has 2 aliphatic heterocycles. The molecule has 1 amide bonds. The van der Waals surface area contributed by atoms with Crippen LogP contribution in [0.25, 0.3) is 0 Å². The van der Waals surface area contributed by atoms with Crippen LogP contribution in [0.1, 0.15) is 54.1 Å². The van der Waals surface area contributed by atoms with Crippen LogP contribution in [0.2, 0.25) is 5.02 Å². The van der Waals surface area contributed by atoms with E-state index in [2.05, 4.69) is 26.6 Å². The molecule has 1 saturated heterocycles. The summed E-state index contributed by atoms with van der Waals surface area (Å²) in [6, 6.07) is 13.6. The first kappa shape index (κ1) is 24.7. The van der Waals surface area contributed by atoms with Gasteiger partial charge < -0.3 is 25.0 Å². The van der Waals surface area contributed by atoms with E-state index >= 15 is 0 Å². The number of ether oxygens (including phenoxy) is 2. The highest BCUT2D eigenvalue weighted by atomic mass is 35.5. The Morgan fingerprint density at radius 3 is 2.73 bits per heavy atom. The predicted molar refractivity (Wildman–Crippen MR) is 146 cm³/mol. The molecule has 1 atom stereocenters. The van der Waals surface area contributed by atoms with Gasteiger partial charge in [-0.3, -0.25) is 4.79 Å². The highest BCUT2D eigenvalue weighted by Crippen LogP contribution is 2.51. The number of rotatable bonds is 9. The standard InChI is InChI=1S/C28H31ClN4O3S/c29-21-7-3-2-6-20(21)25(30-12-15-33-13-4-1-5-14-33)24-17-31-27(37-24)32-26(34)28(10-11-28)19-8-9-22-23(16-19)36-18-35-22/h2-3,6-9,16-17,25,30H,1,4-5,10-15,18H2,(H,31,32,34). The van der Waals surface area contributed by atoms with Crippen LogP contribution in [0.15, 0.2) is 48.7 Å². The van der Waals surface area contributed by atoms with E-state index in [-0.39, 0.29) is 18.7 Å². The van der Waals surface area contributed by atoms with Gasteiger partial charge >= 0.3 is 0 Å². The number of halogens is 1. The molecule has 1 saturated carbocycles. The van der Waals surface area contributed by atoms with Crippen molar-refractivity contribution in [2.75, 3.05) is 38.3 Å². The molecule has 9 heteroatoms. The van der Waals surface area contributed by atoms with Gasteiger partial charge in [-0.05, 0) is 68.1 Å². The van der Waals surface area contributed by atoms with E-state index in [0.717, 1.165) is 52.7 Å². The smallest absolute Gasteiger partial charge is 0.236 e. The zero-order valence-electron chi connectivity index (χ0n) is 20.7. The maximum absolute atomic E-state index is 13.4. The maximum Gasteiger partial charge on any atom is 0.236 e. The van der Waals surface area contributed by atoms with Crippen molar-refractivity contribution in [2.45, 2.75) is 43.6 Å². The molecule has 7 nitrogen and oxygen atoms in total. The van der Waals surface area contributed by atoms with Crippen LogP contribution in [-0.4, -0.2) is 48.8 Å². The van der Waals surface area contributed by atoms with E-state index in [1.807, 2.05) is 42.6 Å². The SMILES string of the molecule is O=C(Nc1ncc(C(NCCN2CCCCC2)c2ccccc2Cl)s1)C1(c2ccc3c(c2)OCO3)CC1. The van der Waals surface area contributed by atoms with E-state index in [1.165, 1.54) is 43.7 Å². The number of amides is 1. The summed E-state index contributed by atoms with van der Waals surface area (Å²) in [4.78, 5) is 21.5. The average molecular weight is 539 g/mol. The zero-order chi connectivity index (χ0) is 25.2. The second kappa shape index (κ2) is 10.6. The summed E-state index contributed by atoms with van der Waals surface area (Å²) in [5.41, 5.74) is 1.43. The number of anilines is 1. The second-order valence-electron chi connectivity index (χ2n) is 9.98. The number of carbonyl (C=O) groups excluding carboxylic acids is 1. The van der Waals surface area contributed by atoms with Crippen molar-refractivity contribution < 1.29 is 14.3 Å². The van der Waals surface area contributed by atoms with Crippen molar-refractivity contribution in [1.82, 2.24) is 15.2 Å². The first-order chi connectivity index (χ1) is 18.1. The first-order valence-electron chi connectivity index (χ1n) is 13.0. The average Bonchev–Trinajstić information content (AvgIpc) is 3.38. The third kappa shape index (κ3) is 5.21. The Bertz CT molecular complexity index is 1270. The molecule has 0 bridgehead atoms. The quantitative estimate of drug-likeness (QED) is 0.382. The normalized spacial score (nSPS) is 18.9. The van der Waals surface area contributed by atoms with E-state index < -0.39 is 5.41 Å². The number of thiazole rings is 1. The fourth-order valence-corrected chi connectivity index (χ4v) is 6.43. The number of aromatic nitrogens is 1. The lowest BCUT2D eigenvalue weighted by Crippen LogP contribution is -2.37. The summed E-state index contributed by atoms with van der Waals surface area (Å²) in [5, 5.41) is 8.11. The van der Waals surface area contributed by atoms with Crippen molar-refractivity contribution in [1.29, 1.82) is 0 Å². The number of piperidine rings is 1. The van der Waals surface area contributed by atoms with Gasteiger partial charge in [0, 0.05) is 29.2 Å². The van der Waals surface area contributed by atoms with E-state index in [0.29, 0.717) is 10.9 Å². The number of nitrogens with zero attached hydrogens (tertiary/aromatic N) is 2. The van der Waals surface area contributed by atoms with Gasteiger partial charge in [0.2, 0.25) is 12.7 Å². The third-order valence-corrected chi connectivity index (χ3v) is 8.90. The lowest BCUT2D eigenvalue weighted by Gasteiger charge is -2.27. The molecule has 3 heterocycles. The van der Waals surface area contributed by atoms with E-state index in [1.54, 1.807) is 0 Å². The van der Waals surface area contributed by atoms with Crippen LogP contribution in [0.3, 0.4) is 0 Å². The summed E-state index contributed by atoms with van der Waals surface area (Å²) >= 11 is 8.10. The number of benzene rings is 2. The third-order valence-electron chi connectivity index (χ3n) is 7.58. The van der Waals surface area contributed by atoms with Gasteiger partial charge in [0.15, 0.2) is 16.6 Å². The van der Waals surface area contributed by atoms with Crippen molar-refractivity contribution in [3.63, 3.8) is 0 Å². The number of fused-ring (bicyclic) bond motifs is 1. The molecule has 2 N–H and O–H groups in total. The molecule has 1 unspecified atom stereocenters. The largest absolute Gasteiger partial charge is 0.454 e. The molecule has 3 aliphatic rings. The molecule has 0 radical (unpaired) electrons. The van der Waals surface area contributed by atoms with Gasteiger partial charge in [0.25, 0.3) is 0 Å². The Labute approximate surface area is 226 Å². The van der Waals surface area contributed by atoms with Crippen molar-refractivity contribution in [3.8, 4) is 11.5 Å². The van der Waals surface area contributed by atoms with Crippen LogP contribution in [0, 0.1) is 0 Å². The molecule has 3 aromatic rings. The minimum Gasteiger partial charge on any atom is -0.454 e. The van der Waals surface area contributed by atoms with Crippen LogP contribution >= 0.6 is 22.9 Å². The summed E-state index contributed by atoms with van der Waals surface area (Å²) in [6.45, 7) is 4.41. The molecule has 1 aliphatic carbocycles. The Kier molecular flexibility index (Phi) is 7.08. The lowest BCUT2D eigenvalue weighted by atomic mass is 9.94. The summed E-state index contributed by atoms with van der Waals surface area (Å²) in [5.74, 6) is 1.40. The van der Waals surface area contributed by atoms with Crippen molar-refractivity contribution in [3.05, 3.63) is 69.7 Å². The monoisotopic (exact) mass is 538 g/mol. The Balaban J connectivity index is 1.17. The molecule has 0 spiro atoms. The molecule has 2 fully saturated rings. The van der Waals surface area contributed by atoms with Crippen molar-refractivity contribution >= 4 is 34.0 Å². The fraction of sp³-hybridized carbons (Fsp3) is 0.429. The Hall–Kier alpha value is -2.65. The maximum atomic E-state index is 13.4. The van der Waals surface area contributed by atoms with Gasteiger partial charge in [-0.1, -0.05) is 53.6 Å². The molecule has 194 valence electrons. The van der Waals surface area contributed by atoms with Gasteiger partial charge in [-0.15, -0.1) is 0 Å². The number of likely N-dealkylation sites (tertiary alicyclic amines) is 1. The molecule has 1 aromatic heterocycles. The molecule has 2 aromatic carbocycles. The number of hydrogen-bond acceptors (Lipinski definition) is 7. The van der Waals surface area contributed by atoms with Gasteiger partial charge in [0.1, 0.15) is 0 Å². The molecule has 6 rings (SSSR count). The number of nitrogens with one attached hydrogen (secondary N) is 2. The summed E-state index contributed by atoms with van der Waals surface area (Å²) < 4.78 is 11.0. The Morgan fingerprint density at radius 2 is 1.92 bits per heavy atom. The first-order valence-corrected chi connectivity index (χ1v) is 14.2. The number of carbonyl (C=O) groups is 1. The lowest BCUT2D eigenvalue weighted by molar-refractivity contribution is -0.118. The number of hydrogen-bond donors (Lipinski definition) is 2. The van der Waals surface area contributed by atoms with E-state index in [4.69, 9.17) is 21.1 Å². The van der Waals surface area contributed by atoms with Gasteiger partial charge in [-0.25, -0.2) is 4.98 Å². The highest BCUT2D eigenvalue weighted by molar-refractivity contribution is 7.15. The molecule has 37 heavy (non-hydrogen) atoms. The topological polar surface area (TPSA) is 75.7 Å². The fourth-order valence-electron chi connectivity index (χ4n) is 5.28. The minimum absolute atomic E-state index is 0.0281. The zero-order valence-corrected chi connectivity index (χ0v) is 22.2. The van der Waals surface area contributed by atoms with Crippen LogP contribution < -0.4 is 20.1 Å². The molecular formula is C28H31ClN4O3S. The van der Waals surface area contributed by atoms with Gasteiger partial charge in [-0.2, -0.15) is 0 Å². The van der Waals surface area contributed by atoms with Gasteiger partial charge in [0.05, 0.1) is 11.5 Å². The van der Waals surface area contributed by atoms with Crippen LogP contribution in [-0.2, 0) is 10.2 Å². The minimum atomic E-state index is -0.540. The van der Waals surface area contributed by atoms with Crippen LogP contribution in [0.4, 0.5) is 5.13 Å². The highest BCUT2D eigenvalue weighted by Gasteiger charge is 2.52. The molecular weight excluding hydrogens is 508 g/mol. The van der Waals surface area contributed by atoms with E-state index in [9.17, 15) is 4.79 Å². The van der Waals surface area contributed by atoms with Crippen molar-refractivity contribution in [2.24, 2.45) is 0 Å². The van der Waals surface area contributed by atoms with Crippen LogP contribution in [0.5, 0.6) is 11.5 Å². The predicted octanol–water partition coefficient (Wildman–Crippen LogP) is 5.36. The second-order valence-corrected chi connectivity index (χ2v) is 11.5. The Morgan fingerprint density at radius 1 is 1.11 bits per heavy atom.